The zero-order valence-electron chi connectivity index (χ0n) is 11.9. The van der Waals surface area contributed by atoms with Gasteiger partial charge in [-0.3, -0.25) is 0 Å². The first-order chi connectivity index (χ1) is 9.58. The van der Waals surface area contributed by atoms with Crippen LogP contribution in [0.2, 0.25) is 0 Å². The normalized spacial score (nSPS) is 11.3. The van der Waals surface area contributed by atoms with Crippen LogP contribution in [0.4, 0.5) is 0 Å². The largest absolute Gasteiger partial charge is 0.478 e. The molecule has 2 aromatic rings. The predicted molar refractivity (Wildman–Crippen MR) is 77.0 cm³/mol. The third kappa shape index (κ3) is 3.57. The van der Waals surface area contributed by atoms with Gasteiger partial charge >= 0.3 is 5.97 Å². The summed E-state index contributed by atoms with van der Waals surface area (Å²) in [6.07, 6.45) is 2.79. The van der Waals surface area contributed by atoms with E-state index >= 15 is 0 Å². The molecule has 0 bridgehead atoms. The van der Waals surface area contributed by atoms with Gasteiger partial charge in [-0.2, -0.15) is 0 Å². The molecule has 0 saturated carbocycles. The van der Waals surface area contributed by atoms with Crippen molar-refractivity contribution in [3.05, 3.63) is 30.1 Å². The average molecular weight is 276 g/mol. The van der Waals surface area contributed by atoms with E-state index in [4.69, 9.17) is 9.84 Å². The summed E-state index contributed by atoms with van der Waals surface area (Å²) in [6.45, 7) is 6.48. The number of rotatable bonds is 7. The lowest BCUT2D eigenvalue weighted by Crippen LogP contribution is -2.07. The Morgan fingerprint density at radius 1 is 1.40 bits per heavy atom. The Morgan fingerprint density at radius 2 is 2.20 bits per heavy atom. The molecule has 20 heavy (non-hydrogen) atoms. The molecule has 0 radical (unpaired) electrons. The summed E-state index contributed by atoms with van der Waals surface area (Å²) in [5, 5.41) is 8.94. The number of fused-ring (bicyclic) bond motifs is 1. The number of carboxylic acid groups (broad SMARTS) is 1. The molecule has 1 heterocycles. The van der Waals surface area contributed by atoms with Gasteiger partial charge in [0.25, 0.3) is 0 Å². The maximum absolute atomic E-state index is 10.9. The zero-order valence-corrected chi connectivity index (χ0v) is 11.9. The van der Waals surface area contributed by atoms with Gasteiger partial charge in [-0.25, -0.2) is 9.78 Å². The Kier molecular flexibility index (Phi) is 4.74. The number of aromatic carboxylic acids is 1. The molecular formula is C15H20N2O3. The van der Waals surface area contributed by atoms with Gasteiger partial charge in [0.15, 0.2) is 0 Å². The molecule has 0 amide bonds. The Morgan fingerprint density at radius 3 is 2.90 bits per heavy atom. The third-order valence-electron chi connectivity index (χ3n) is 3.18. The minimum Gasteiger partial charge on any atom is -0.478 e. The molecule has 1 N–H and O–H groups in total. The van der Waals surface area contributed by atoms with Crippen LogP contribution in [0.1, 0.15) is 30.6 Å². The van der Waals surface area contributed by atoms with Gasteiger partial charge in [0.1, 0.15) is 0 Å². The highest BCUT2D eigenvalue weighted by molar-refractivity contribution is 5.92. The maximum Gasteiger partial charge on any atom is 0.335 e. The second-order valence-electron chi connectivity index (χ2n) is 5.24. The lowest BCUT2D eigenvalue weighted by Gasteiger charge is -2.07. The average Bonchev–Trinajstić information content (AvgIpc) is 2.80. The van der Waals surface area contributed by atoms with Crippen LogP contribution in [0.5, 0.6) is 0 Å². The van der Waals surface area contributed by atoms with Gasteiger partial charge in [0.05, 0.1) is 29.5 Å². The second kappa shape index (κ2) is 6.52. The summed E-state index contributed by atoms with van der Waals surface area (Å²) in [5.74, 6) is -0.281. The van der Waals surface area contributed by atoms with Gasteiger partial charge in [-0.1, -0.05) is 13.8 Å². The van der Waals surface area contributed by atoms with Gasteiger partial charge in [0.2, 0.25) is 0 Å². The van der Waals surface area contributed by atoms with Crippen molar-refractivity contribution in [2.45, 2.75) is 26.8 Å². The molecule has 0 spiro atoms. The molecule has 1 aromatic carbocycles. The van der Waals surface area contributed by atoms with E-state index in [0.717, 1.165) is 25.1 Å². The van der Waals surface area contributed by atoms with Crippen molar-refractivity contribution in [1.82, 2.24) is 9.55 Å². The second-order valence-corrected chi connectivity index (χ2v) is 5.24. The monoisotopic (exact) mass is 276 g/mol. The Labute approximate surface area is 118 Å². The van der Waals surface area contributed by atoms with E-state index in [0.29, 0.717) is 18.0 Å². The summed E-state index contributed by atoms with van der Waals surface area (Å²) >= 11 is 0. The fourth-order valence-corrected chi connectivity index (χ4v) is 1.96. The smallest absolute Gasteiger partial charge is 0.335 e. The standard InChI is InChI=1S/C15H20N2O3/c1-11(2)5-7-20-8-6-17-10-16-13-9-12(15(18)19)3-4-14(13)17/h3-4,9-11H,5-8H2,1-2H3,(H,18,19). The Hall–Kier alpha value is -1.88. The van der Waals surface area contributed by atoms with Crippen LogP contribution in [0, 0.1) is 5.92 Å². The number of hydrogen-bond acceptors (Lipinski definition) is 3. The van der Waals surface area contributed by atoms with E-state index in [-0.39, 0.29) is 5.56 Å². The number of hydrogen-bond donors (Lipinski definition) is 1. The van der Waals surface area contributed by atoms with Crippen LogP contribution in [0.15, 0.2) is 24.5 Å². The molecule has 5 heteroatoms. The molecule has 1 aromatic heterocycles. The highest BCUT2D eigenvalue weighted by atomic mass is 16.5. The fourth-order valence-electron chi connectivity index (χ4n) is 1.96. The molecule has 5 nitrogen and oxygen atoms in total. The van der Waals surface area contributed by atoms with E-state index in [2.05, 4.69) is 18.8 Å². The molecule has 0 fully saturated rings. The van der Waals surface area contributed by atoms with Crippen molar-refractivity contribution >= 4 is 17.0 Å². The summed E-state index contributed by atoms with van der Waals surface area (Å²) in [4.78, 5) is 15.1. The van der Waals surface area contributed by atoms with E-state index < -0.39 is 5.97 Å². The molecule has 0 aliphatic carbocycles. The lowest BCUT2D eigenvalue weighted by atomic mass is 10.1. The third-order valence-corrected chi connectivity index (χ3v) is 3.18. The number of carboxylic acids is 1. The molecule has 2 rings (SSSR count). The first kappa shape index (κ1) is 14.5. The number of benzene rings is 1. The molecule has 0 unspecified atom stereocenters. The molecule has 108 valence electrons. The molecule has 0 saturated heterocycles. The van der Waals surface area contributed by atoms with E-state index in [1.165, 1.54) is 0 Å². The first-order valence-corrected chi connectivity index (χ1v) is 6.84. The van der Waals surface area contributed by atoms with Crippen molar-refractivity contribution in [3.8, 4) is 0 Å². The molecule has 0 atom stereocenters. The van der Waals surface area contributed by atoms with Crippen molar-refractivity contribution in [3.63, 3.8) is 0 Å². The molecule has 0 aliphatic rings. The number of imidazole rings is 1. The number of aromatic nitrogens is 2. The lowest BCUT2D eigenvalue weighted by molar-refractivity contribution is 0.0697. The summed E-state index contributed by atoms with van der Waals surface area (Å²) < 4.78 is 7.57. The highest BCUT2D eigenvalue weighted by Gasteiger charge is 2.07. The quantitative estimate of drug-likeness (QED) is 0.790. The van der Waals surface area contributed by atoms with E-state index in [1.54, 1.807) is 24.5 Å². The predicted octanol–water partition coefficient (Wildman–Crippen LogP) is 2.80. The minimum absolute atomic E-state index is 0.260. The van der Waals surface area contributed by atoms with Crippen LogP contribution >= 0.6 is 0 Å². The minimum atomic E-state index is -0.932. The summed E-state index contributed by atoms with van der Waals surface area (Å²) in [6, 6.07) is 4.98. The molecule has 0 aliphatic heterocycles. The Bertz CT molecular complexity index is 590. The van der Waals surface area contributed by atoms with Crippen molar-refractivity contribution in [1.29, 1.82) is 0 Å². The van der Waals surface area contributed by atoms with E-state index in [9.17, 15) is 4.79 Å². The topological polar surface area (TPSA) is 64.4 Å². The van der Waals surface area contributed by atoms with E-state index in [1.807, 2.05) is 4.57 Å². The van der Waals surface area contributed by atoms with Crippen molar-refractivity contribution in [2.24, 2.45) is 5.92 Å². The summed E-state index contributed by atoms with van der Waals surface area (Å²) in [5.41, 5.74) is 1.89. The number of carbonyl (C=O) groups is 1. The van der Waals surface area contributed by atoms with Crippen molar-refractivity contribution in [2.75, 3.05) is 13.2 Å². The first-order valence-electron chi connectivity index (χ1n) is 6.84. The number of ether oxygens (including phenoxy) is 1. The van der Waals surface area contributed by atoms with Crippen molar-refractivity contribution < 1.29 is 14.6 Å². The summed E-state index contributed by atoms with van der Waals surface area (Å²) in [7, 11) is 0. The number of nitrogens with zero attached hydrogens (tertiary/aromatic N) is 2. The maximum atomic E-state index is 10.9. The Balaban J connectivity index is 1.96. The van der Waals surface area contributed by atoms with Crippen LogP contribution in [0.3, 0.4) is 0 Å². The van der Waals surface area contributed by atoms with Crippen LogP contribution in [-0.4, -0.2) is 33.8 Å². The van der Waals surface area contributed by atoms with Gasteiger partial charge in [-0.05, 0) is 30.5 Å². The zero-order chi connectivity index (χ0) is 14.5. The van der Waals surface area contributed by atoms with Gasteiger partial charge < -0.3 is 14.4 Å². The molecular weight excluding hydrogens is 256 g/mol. The highest BCUT2D eigenvalue weighted by Crippen LogP contribution is 2.15. The SMILES string of the molecule is CC(C)CCOCCn1cnc2cc(C(=O)O)ccc21. The van der Waals surface area contributed by atoms with Crippen LogP contribution in [0.25, 0.3) is 11.0 Å². The fraction of sp³-hybridized carbons (Fsp3) is 0.467. The van der Waals surface area contributed by atoms with Crippen LogP contribution in [-0.2, 0) is 11.3 Å². The van der Waals surface area contributed by atoms with Gasteiger partial charge in [-0.15, -0.1) is 0 Å². The van der Waals surface area contributed by atoms with Crippen LogP contribution < -0.4 is 0 Å². The van der Waals surface area contributed by atoms with Gasteiger partial charge in [0, 0.05) is 13.2 Å².